The van der Waals surface area contributed by atoms with E-state index in [1.807, 2.05) is 19.1 Å². The molecular formula is C18H31N3O2S. The molecule has 0 unspecified atom stereocenters. The minimum absolute atomic E-state index is 0.280. The Morgan fingerprint density at radius 2 is 1.75 bits per heavy atom. The lowest BCUT2D eigenvalue weighted by molar-refractivity contribution is 0.385. The van der Waals surface area contributed by atoms with Crippen molar-refractivity contribution in [3.8, 4) is 0 Å². The zero-order valence-electron chi connectivity index (χ0n) is 15.5. The van der Waals surface area contributed by atoms with Crippen molar-refractivity contribution in [2.75, 3.05) is 25.9 Å². The minimum Gasteiger partial charge on any atom is -0.357 e. The molecule has 0 atom stereocenters. The van der Waals surface area contributed by atoms with Gasteiger partial charge in [0.15, 0.2) is 15.8 Å². The molecule has 0 aromatic heterocycles. The summed E-state index contributed by atoms with van der Waals surface area (Å²) in [5, 5.41) is 6.56. The number of aliphatic imine (C=N–C) groups is 1. The smallest absolute Gasteiger partial charge is 0.191 e. The van der Waals surface area contributed by atoms with Gasteiger partial charge in [-0.1, -0.05) is 32.9 Å². The Morgan fingerprint density at radius 3 is 2.25 bits per heavy atom. The first-order valence-electron chi connectivity index (χ1n) is 8.43. The summed E-state index contributed by atoms with van der Waals surface area (Å²) >= 11 is 0. The largest absolute Gasteiger partial charge is 0.357 e. The standard InChI is InChI=1S/C18H31N3O2S/c1-6-19-17(21-14-12-18(2,3)4)20-13-11-15-7-9-16(10-8-15)24(5,22)23/h7-10H,6,11-14H2,1-5H3,(H2,19,20,21). The molecule has 0 saturated carbocycles. The molecule has 24 heavy (non-hydrogen) atoms. The molecule has 5 nitrogen and oxygen atoms in total. The lowest BCUT2D eigenvalue weighted by Gasteiger charge is -2.17. The topological polar surface area (TPSA) is 70.6 Å². The highest BCUT2D eigenvalue weighted by atomic mass is 32.2. The van der Waals surface area contributed by atoms with Crippen LogP contribution in [0.1, 0.15) is 39.7 Å². The summed E-state index contributed by atoms with van der Waals surface area (Å²) in [6.07, 6.45) is 3.07. The number of nitrogens with one attached hydrogen (secondary N) is 2. The van der Waals surface area contributed by atoms with Gasteiger partial charge in [-0.25, -0.2) is 8.42 Å². The summed E-state index contributed by atoms with van der Waals surface area (Å²) in [7, 11) is -3.13. The van der Waals surface area contributed by atoms with Gasteiger partial charge in [-0.05, 0) is 42.9 Å². The van der Waals surface area contributed by atoms with Crippen molar-refractivity contribution in [1.82, 2.24) is 10.6 Å². The van der Waals surface area contributed by atoms with E-state index in [0.29, 0.717) is 4.90 Å². The van der Waals surface area contributed by atoms with E-state index < -0.39 is 9.84 Å². The highest BCUT2D eigenvalue weighted by Gasteiger charge is 2.09. The van der Waals surface area contributed by atoms with E-state index >= 15 is 0 Å². The Morgan fingerprint density at radius 1 is 1.12 bits per heavy atom. The molecule has 1 aromatic rings. The molecule has 0 saturated heterocycles. The fourth-order valence-corrected chi connectivity index (χ4v) is 2.70. The van der Waals surface area contributed by atoms with Crippen LogP contribution in [0.25, 0.3) is 0 Å². The number of rotatable bonds is 7. The molecule has 0 aliphatic rings. The number of sulfone groups is 1. The van der Waals surface area contributed by atoms with Gasteiger partial charge < -0.3 is 10.6 Å². The third-order valence-electron chi connectivity index (χ3n) is 3.53. The van der Waals surface area contributed by atoms with Crippen LogP contribution in [0.5, 0.6) is 0 Å². The SMILES string of the molecule is CCNC(=NCCC(C)(C)C)NCCc1ccc(S(C)(=O)=O)cc1. The van der Waals surface area contributed by atoms with E-state index in [0.717, 1.165) is 44.0 Å². The highest BCUT2D eigenvalue weighted by molar-refractivity contribution is 7.90. The molecule has 0 heterocycles. The molecule has 0 amide bonds. The first-order chi connectivity index (χ1) is 11.1. The maximum atomic E-state index is 11.5. The van der Waals surface area contributed by atoms with E-state index in [2.05, 4.69) is 36.4 Å². The molecule has 1 aromatic carbocycles. The number of nitrogens with zero attached hydrogens (tertiary/aromatic N) is 1. The first kappa shape index (κ1) is 20.5. The fourth-order valence-electron chi connectivity index (χ4n) is 2.07. The third kappa shape index (κ3) is 8.34. The zero-order valence-corrected chi connectivity index (χ0v) is 16.3. The predicted octanol–water partition coefficient (Wildman–Crippen LogP) is 2.62. The first-order valence-corrected chi connectivity index (χ1v) is 10.3. The summed E-state index contributed by atoms with van der Waals surface area (Å²) in [4.78, 5) is 4.95. The van der Waals surface area contributed by atoms with E-state index in [4.69, 9.17) is 0 Å². The summed E-state index contributed by atoms with van der Waals surface area (Å²) in [5.41, 5.74) is 1.38. The predicted molar refractivity (Wildman–Crippen MR) is 101 cm³/mol. The van der Waals surface area contributed by atoms with E-state index in [9.17, 15) is 8.42 Å². The Kier molecular flexibility index (Phi) is 7.73. The van der Waals surface area contributed by atoms with Crippen LogP contribution in [0.2, 0.25) is 0 Å². The molecular weight excluding hydrogens is 322 g/mol. The Labute approximate surface area is 146 Å². The average Bonchev–Trinajstić information content (AvgIpc) is 2.45. The summed E-state index contributed by atoms with van der Waals surface area (Å²) in [6.45, 7) is 11.0. The van der Waals surface area contributed by atoms with Crippen LogP contribution >= 0.6 is 0 Å². The number of benzene rings is 1. The van der Waals surface area contributed by atoms with Crippen LogP contribution in [0, 0.1) is 5.41 Å². The molecule has 0 bridgehead atoms. The van der Waals surface area contributed by atoms with Crippen molar-refractivity contribution in [3.63, 3.8) is 0 Å². The summed E-state index contributed by atoms with van der Waals surface area (Å²) in [5.74, 6) is 0.828. The van der Waals surface area contributed by atoms with Gasteiger partial charge in [0.25, 0.3) is 0 Å². The van der Waals surface area contributed by atoms with Crippen molar-refractivity contribution in [1.29, 1.82) is 0 Å². The molecule has 0 aliphatic heterocycles. The van der Waals surface area contributed by atoms with Gasteiger partial charge >= 0.3 is 0 Å². The fraction of sp³-hybridized carbons (Fsp3) is 0.611. The monoisotopic (exact) mass is 353 g/mol. The van der Waals surface area contributed by atoms with Gasteiger partial charge in [-0.3, -0.25) is 4.99 Å². The van der Waals surface area contributed by atoms with Gasteiger partial charge in [-0.2, -0.15) is 0 Å². The van der Waals surface area contributed by atoms with Crippen LogP contribution in [-0.4, -0.2) is 40.3 Å². The summed E-state index contributed by atoms with van der Waals surface area (Å²) < 4.78 is 22.9. The normalized spacial score (nSPS) is 13.0. The second kappa shape index (κ2) is 9.06. The van der Waals surface area contributed by atoms with Gasteiger partial charge in [-0.15, -0.1) is 0 Å². The van der Waals surface area contributed by atoms with Gasteiger partial charge in [0.2, 0.25) is 0 Å². The van der Waals surface area contributed by atoms with Crippen molar-refractivity contribution >= 4 is 15.8 Å². The van der Waals surface area contributed by atoms with Gasteiger partial charge in [0, 0.05) is 25.9 Å². The van der Waals surface area contributed by atoms with Crippen molar-refractivity contribution in [2.24, 2.45) is 10.4 Å². The number of hydrogen-bond acceptors (Lipinski definition) is 3. The Hall–Kier alpha value is -1.56. The van der Waals surface area contributed by atoms with Crippen LogP contribution in [-0.2, 0) is 16.3 Å². The minimum atomic E-state index is -3.13. The van der Waals surface area contributed by atoms with Crippen molar-refractivity contribution in [3.05, 3.63) is 29.8 Å². The van der Waals surface area contributed by atoms with Crippen molar-refractivity contribution < 1.29 is 8.42 Å². The molecule has 136 valence electrons. The second-order valence-electron chi connectivity index (χ2n) is 7.16. The van der Waals surface area contributed by atoms with Crippen LogP contribution in [0.4, 0.5) is 0 Å². The summed E-state index contributed by atoms with van der Waals surface area (Å²) in [6, 6.07) is 7.05. The average molecular weight is 354 g/mol. The molecule has 1 rings (SSSR count). The third-order valence-corrected chi connectivity index (χ3v) is 4.66. The Bertz CT molecular complexity index is 629. The van der Waals surface area contributed by atoms with E-state index in [1.54, 1.807) is 12.1 Å². The Balaban J connectivity index is 2.51. The molecule has 0 aliphatic carbocycles. The molecule has 6 heteroatoms. The maximum absolute atomic E-state index is 11.5. The lowest BCUT2D eigenvalue weighted by Crippen LogP contribution is -2.38. The van der Waals surface area contributed by atoms with Crippen LogP contribution in [0.15, 0.2) is 34.2 Å². The van der Waals surface area contributed by atoms with Crippen LogP contribution < -0.4 is 10.6 Å². The molecule has 0 spiro atoms. The quantitative estimate of drug-likeness (QED) is 0.584. The molecule has 0 fully saturated rings. The maximum Gasteiger partial charge on any atom is 0.191 e. The van der Waals surface area contributed by atoms with E-state index in [-0.39, 0.29) is 5.41 Å². The van der Waals surface area contributed by atoms with Gasteiger partial charge in [0.1, 0.15) is 0 Å². The molecule has 2 N–H and O–H groups in total. The van der Waals surface area contributed by atoms with Gasteiger partial charge in [0.05, 0.1) is 4.90 Å². The zero-order chi connectivity index (χ0) is 18.2. The number of hydrogen-bond donors (Lipinski definition) is 2. The van der Waals surface area contributed by atoms with Crippen LogP contribution in [0.3, 0.4) is 0 Å². The second-order valence-corrected chi connectivity index (χ2v) is 9.18. The lowest BCUT2D eigenvalue weighted by atomic mass is 9.93. The highest BCUT2D eigenvalue weighted by Crippen LogP contribution is 2.17. The van der Waals surface area contributed by atoms with E-state index in [1.165, 1.54) is 6.26 Å². The molecule has 0 radical (unpaired) electrons. The van der Waals surface area contributed by atoms with Crippen molar-refractivity contribution in [2.45, 2.75) is 45.4 Å². The number of guanidine groups is 1.